The Kier molecular flexibility index (Phi) is 4.66. The molecule has 5 nitrogen and oxygen atoms in total. The quantitative estimate of drug-likeness (QED) is 0.720. The van der Waals surface area contributed by atoms with E-state index in [0.717, 1.165) is 5.56 Å². The Balaban J connectivity index is 1.85. The fourth-order valence-corrected chi connectivity index (χ4v) is 2.41. The standard InChI is InChI=1S/C18H14F3N3O2/c1-24-16(9-15(23-24)10-3-5-12(26-2)6-4-10)18(25)22-11-7-13(19)17(21)14(20)8-11/h3-9H,1-2H3,(H,22,25). The highest BCUT2D eigenvalue weighted by atomic mass is 19.2. The van der Waals surface area contributed by atoms with Crippen LogP contribution in [0.2, 0.25) is 0 Å². The van der Waals surface area contributed by atoms with Crippen molar-refractivity contribution in [1.82, 2.24) is 9.78 Å². The van der Waals surface area contributed by atoms with Gasteiger partial charge in [-0.25, -0.2) is 13.2 Å². The van der Waals surface area contributed by atoms with Gasteiger partial charge in [0, 0.05) is 30.4 Å². The second-order valence-corrected chi connectivity index (χ2v) is 5.47. The van der Waals surface area contributed by atoms with E-state index in [1.54, 1.807) is 38.4 Å². The number of carbonyl (C=O) groups excluding carboxylic acids is 1. The van der Waals surface area contributed by atoms with Gasteiger partial charge in [0.05, 0.1) is 12.8 Å². The van der Waals surface area contributed by atoms with E-state index in [0.29, 0.717) is 23.6 Å². The van der Waals surface area contributed by atoms with Crippen molar-refractivity contribution in [2.75, 3.05) is 12.4 Å². The Hall–Kier alpha value is -3.29. The average Bonchev–Trinajstić information content (AvgIpc) is 3.01. The topological polar surface area (TPSA) is 56.1 Å². The number of rotatable bonds is 4. The number of carbonyl (C=O) groups is 1. The van der Waals surface area contributed by atoms with Crippen molar-refractivity contribution in [3.05, 3.63) is 65.6 Å². The summed E-state index contributed by atoms with van der Waals surface area (Å²) in [6.07, 6.45) is 0. The van der Waals surface area contributed by atoms with Crippen molar-refractivity contribution in [1.29, 1.82) is 0 Å². The number of halogens is 3. The Morgan fingerprint density at radius 1 is 1.08 bits per heavy atom. The van der Waals surface area contributed by atoms with Gasteiger partial charge in [-0.3, -0.25) is 9.48 Å². The molecule has 0 aliphatic carbocycles. The summed E-state index contributed by atoms with van der Waals surface area (Å²) in [6, 6.07) is 10.0. The van der Waals surface area contributed by atoms with Gasteiger partial charge in [0.2, 0.25) is 0 Å². The van der Waals surface area contributed by atoms with Crippen LogP contribution in [0.15, 0.2) is 42.5 Å². The van der Waals surface area contributed by atoms with E-state index in [4.69, 9.17) is 4.74 Å². The van der Waals surface area contributed by atoms with Crippen LogP contribution in [0.3, 0.4) is 0 Å². The van der Waals surface area contributed by atoms with E-state index in [2.05, 4.69) is 10.4 Å². The van der Waals surface area contributed by atoms with Crippen LogP contribution in [0.4, 0.5) is 18.9 Å². The molecule has 0 fully saturated rings. The molecule has 1 aromatic heterocycles. The maximum atomic E-state index is 13.3. The van der Waals surface area contributed by atoms with Gasteiger partial charge in [0.25, 0.3) is 5.91 Å². The fourth-order valence-electron chi connectivity index (χ4n) is 2.41. The molecule has 1 heterocycles. The van der Waals surface area contributed by atoms with E-state index in [1.807, 2.05) is 0 Å². The lowest BCUT2D eigenvalue weighted by atomic mass is 10.1. The lowest BCUT2D eigenvalue weighted by molar-refractivity contribution is 0.101. The van der Waals surface area contributed by atoms with Crippen molar-refractivity contribution < 1.29 is 22.7 Å². The molecule has 0 radical (unpaired) electrons. The van der Waals surface area contributed by atoms with Crippen LogP contribution in [-0.2, 0) is 7.05 Å². The maximum Gasteiger partial charge on any atom is 0.273 e. The Morgan fingerprint density at radius 2 is 1.69 bits per heavy atom. The van der Waals surface area contributed by atoms with E-state index < -0.39 is 23.4 Å². The number of aromatic nitrogens is 2. The van der Waals surface area contributed by atoms with Gasteiger partial charge in [-0.15, -0.1) is 0 Å². The van der Waals surface area contributed by atoms with Gasteiger partial charge in [0.1, 0.15) is 11.4 Å². The fraction of sp³-hybridized carbons (Fsp3) is 0.111. The number of methoxy groups -OCH3 is 1. The third-order valence-corrected chi connectivity index (χ3v) is 3.74. The molecule has 3 aromatic rings. The van der Waals surface area contributed by atoms with Crippen LogP contribution >= 0.6 is 0 Å². The smallest absolute Gasteiger partial charge is 0.273 e. The number of nitrogens with zero attached hydrogens (tertiary/aromatic N) is 2. The molecule has 0 aliphatic rings. The lowest BCUT2D eigenvalue weighted by Crippen LogP contribution is -2.16. The number of hydrogen-bond acceptors (Lipinski definition) is 3. The zero-order valence-electron chi connectivity index (χ0n) is 13.9. The molecule has 0 bridgehead atoms. The predicted octanol–water partition coefficient (Wildman–Crippen LogP) is 3.77. The number of nitrogens with one attached hydrogen (secondary N) is 1. The van der Waals surface area contributed by atoms with Crippen molar-refractivity contribution in [3.8, 4) is 17.0 Å². The van der Waals surface area contributed by atoms with Gasteiger partial charge in [-0.05, 0) is 30.3 Å². The summed E-state index contributed by atoms with van der Waals surface area (Å²) in [5, 5.41) is 6.58. The van der Waals surface area contributed by atoms with Crippen LogP contribution in [-0.4, -0.2) is 22.8 Å². The normalized spacial score (nSPS) is 10.7. The molecule has 0 unspecified atom stereocenters. The zero-order valence-corrected chi connectivity index (χ0v) is 13.9. The minimum Gasteiger partial charge on any atom is -0.497 e. The van der Waals surface area contributed by atoms with Crippen molar-refractivity contribution in [2.24, 2.45) is 7.05 Å². The van der Waals surface area contributed by atoms with Crippen molar-refractivity contribution in [3.63, 3.8) is 0 Å². The third kappa shape index (κ3) is 3.39. The van der Waals surface area contributed by atoms with Crippen LogP contribution in [0.1, 0.15) is 10.5 Å². The number of anilines is 1. The molecule has 0 atom stereocenters. The first kappa shape index (κ1) is 17.5. The highest BCUT2D eigenvalue weighted by Crippen LogP contribution is 2.23. The van der Waals surface area contributed by atoms with Gasteiger partial charge >= 0.3 is 0 Å². The summed E-state index contributed by atoms with van der Waals surface area (Å²) >= 11 is 0. The number of ether oxygens (including phenoxy) is 1. The Bertz CT molecular complexity index is 945. The summed E-state index contributed by atoms with van der Waals surface area (Å²) < 4.78 is 46.0. The minimum absolute atomic E-state index is 0.168. The summed E-state index contributed by atoms with van der Waals surface area (Å²) in [4.78, 5) is 12.4. The number of benzene rings is 2. The van der Waals surface area contributed by atoms with Gasteiger partial charge in [-0.1, -0.05) is 0 Å². The predicted molar refractivity (Wildman–Crippen MR) is 89.5 cm³/mol. The first-order valence-corrected chi connectivity index (χ1v) is 7.53. The molecule has 1 N–H and O–H groups in total. The molecule has 0 saturated heterocycles. The van der Waals surface area contributed by atoms with Crippen LogP contribution in [0.5, 0.6) is 5.75 Å². The van der Waals surface area contributed by atoms with E-state index in [9.17, 15) is 18.0 Å². The molecule has 134 valence electrons. The molecule has 0 aliphatic heterocycles. The summed E-state index contributed by atoms with van der Waals surface area (Å²) in [5.41, 5.74) is 1.27. The molecule has 8 heteroatoms. The summed E-state index contributed by atoms with van der Waals surface area (Å²) in [5.74, 6) is -4.31. The SMILES string of the molecule is COc1ccc(-c2cc(C(=O)Nc3cc(F)c(F)c(F)c3)n(C)n2)cc1. The lowest BCUT2D eigenvalue weighted by Gasteiger charge is -2.06. The summed E-state index contributed by atoms with van der Waals surface area (Å²) in [6.45, 7) is 0. The van der Waals surface area contributed by atoms with Crippen molar-refractivity contribution >= 4 is 11.6 Å². The largest absolute Gasteiger partial charge is 0.497 e. The second kappa shape index (κ2) is 6.91. The Labute approximate surface area is 147 Å². The monoisotopic (exact) mass is 361 g/mol. The third-order valence-electron chi connectivity index (χ3n) is 3.74. The highest BCUT2D eigenvalue weighted by Gasteiger charge is 2.17. The van der Waals surface area contributed by atoms with E-state index in [-0.39, 0.29) is 11.4 Å². The van der Waals surface area contributed by atoms with Crippen molar-refractivity contribution in [2.45, 2.75) is 0 Å². The zero-order chi connectivity index (χ0) is 18.8. The molecular formula is C18H14F3N3O2. The average molecular weight is 361 g/mol. The van der Waals surface area contributed by atoms with E-state index in [1.165, 1.54) is 10.7 Å². The second-order valence-electron chi connectivity index (χ2n) is 5.47. The number of amides is 1. The van der Waals surface area contributed by atoms with Gasteiger partial charge in [-0.2, -0.15) is 5.10 Å². The molecule has 1 amide bonds. The molecule has 26 heavy (non-hydrogen) atoms. The highest BCUT2D eigenvalue weighted by molar-refractivity contribution is 6.03. The minimum atomic E-state index is -1.59. The molecule has 3 rings (SSSR count). The maximum absolute atomic E-state index is 13.3. The first-order valence-electron chi connectivity index (χ1n) is 7.53. The van der Waals surface area contributed by atoms with Crippen LogP contribution in [0, 0.1) is 17.5 Å². The van der Waals surface area contributed by atoms with Crippen LogP contribution < -0.4 is 10.1 Å². The first-order chi connectivity index (χ1) is 12.4. The molecular weight excluding hydrogens is 347 g/mol. The molecule has 0 spiro atoms. The van der Waals surface area contributed by atoms with E-state index >= 15 is 0 Å². The van der Waals surface area contributed by atoms with Crippen LogP contribution in [0.25, 0.3) is 11.3 Å². The summed E-state index contributed by atoms with van der Waals surface area (Å²) in [7, 11) is 3.12. The molecule has 0 saturated carbocycles. The molecule has 2 aromatic carbocycles. The van der Waals surface area contributed by atoms with Gasteiger partial charge in [0.15, 0.2) is 17.5 Å². The number of hydrogen-bond donors (Lipinski definition) is 1. The number of aryl methyl sites for hydroxylation is 1. The van der Waals surface area contributed by atoms with Gasteiger partial charge < -0.3 is 10.1 Å². The Morgan fingerprint density at radius 3 is 2.27 bits per heavy atom.